The van der Waals surface area contributed by atoms with Crippen molar-refractivity contribution in [3.63, 3.8) is 0 Å². The summed E-state index contributed by atoms with van der Waals surface area (Å²) in [6.45, 7) is 3.78. The van der Waals surface area contributed by atoms with E-state index in [1.54, 1.807) is 13.8 Å². The van der Waals surface area contributed by atoms with Crippen LogP contribution in [0.5, 0.6) is 0 Å². The zero-order valence-electron chi connectivity index (χ0n) is 11.1. The van der Waals surface area contributed by atoms with Crippen LogP contribution in [-0.4, -0.2) is 62.3 Å². The van der Waals surface area contributed by atoms with Crippen LogP contribution in [0.15, 0.2) is 0 Å². The van der Waals surface area contributed by atoms with Gasteiger partial charge in [0, 0.05) is 0 Å². The lowest BCUT2D eigenvalue weighted by Crippen LogP contribution is -2.49. The van der Waals surface area contributed by atoms with E-state index in [0.29, 0.717) is 17.4 Å². The first kappa shape index (κ1) is 16.3. The van der Waals surface area contributed by atoms with Crippen LogP contribution in [0, 0.1) is 0 Å². The summed E-state index contributed by atoms with van der Waals surface area (Å²) in [5.74, 6) is -0.706. The highest BCUT2D eigenvalue weighted by molar-refractivity contribution is 7.85. The standard InChI is InChI=1S/C10H22N2O4S/c1-10(2,8-17(14,15)16)11-9(13)6-7-12(3,4)5/h6-8H2,1-5H3,(H-,11,13,14,15,16)/p+1. The van der Waals surface area contributed by atoms with E-state index < -0.39 is 21.4 Å². The zero-order valence-corrected chi connectivity index (χ0v) is 12.0. The van der Waals surface area contributed by atoms with Gasteiger partial charge in [0.2, 0.25) is 5.91 Å². The Kier molecular flexibility index (Phi) is 5.12. The van der Waals surface area contributed by atoms with Crippen LogP contribution in [0.1, 0.15) is 20.3 Å². The Labute approximate surface area is 103 Å². The largest absolute Gasteiger partial charge is 0.350 e. The summed E-state index contributed by atoms with van der Waals surface area (Å²) in [4.78, 5) is 11.6. The van der Waals surface area contributed by atoms with Gasteiger partial charge >= 0.3 is 0 Å². The predicted octanol–water partition coefficient (Wildman–Crippen LogP) is -0.135. The van der Waals surface area contributed by atoms with Crippen LogP contribution in [0.3, 0.4) is 0 Å². The maximum absolute atomic E-state index is 11.6. The molecule has 0 rings (SSSR count). The molecule has 7 heteroatoms. The van der Waals surface area contributed by atoms with E-state index >= 15 is 0 Å². The molecule has 0 atom stereocenters. The maximum Gasteiger partial charge on any atom is 0.267 e. The number of rotatable bonds is 6. The number of carbonyl (C=O) groups is 1. The topological polar surface area (TPSA) is 83.5 Å². The molecule has 0 aromatic rings. The average molecular weight is 267 g/mol. The Balaban J connectivity index is 4.29. The summed E-state index contributed by atoms with van der Waals surface area (Å²) in [5, 5.41) is 2.60. The van der Waals surface area contributed by atoms with Gasteiger partial charge in [0.15, 0.2) is 0 Å². The van der Waals surface area contributed by atoms with Gasteiger partial charge in [-0.2, -0.15) is 8.42 Å². The smallest absolute Gasteiger partial charge is 0.267 e. The summed E-state index contributed by atoms with van der Waals surface area (Å²) in [7, 11) is 1.82. The van der Waals surface area contributed by atoms with Gasteiger partial charge in [0.1, 0.15) is 0 Å². The van der Waals surface area contributed by atoms with Gasteiger partial charge in [-0.3, -0.25) is 9.35 Å². The minimum absolute atomic E-state index is 0.216. The minimum Gasteiger partial charge on any atom is -0.350 e. The first-order valence-corrected chi connectivity index (χ1v) is 6.98. The first-order valence-electron chi connectivity index (χ1n) is 5.37. The van der Waals surface area contributed by atoms with E-state index in [9.17, 15) is 13.2 Å². The molecule has 0 aliphatic heterocycles. The fourth-order valence-electron chi connectivity index (χ4n) is 1.37. The highest BCUT2D eigenvalue weighted by Gasteiger charge is 2.27. The fraction of sp³-hybridized carbons (Fsp3) is 0.900. The van der Waals surface area contributed by atoms with Crippen LogP contribution in [0.2, 0.25) is 0 Å². The lowest BCUT2D eigenvalue weighted by molar-refractivity contribution is -0.869. The zero-order chi connectivity index (χ0) is 13.9. The first-order chi connectivity index (χ1) is 7.31. The van der Waals surface area contributed by atoms with Gasteiger partial charge in [-0.25, -0.2) is 0 Å². The van der Waals surface area contributed by atoms with E-state index in [2.05, 4.69) is 5.32 Å². The molecule has 0 unspecified atom stereocenters. The highest BCUT2D eigenvalue weighted by Crippen LogP contribution is 2.06. The second-order valence-electron chi connectivity index (χ2n) is 5.92. The van der Waals surface area contributed by atoms with Gasteiger partial charge in [-0.15, -0.1) is 0 Å². The second-order valence-corrected chi connectivity index (χ2v) is 7.37. The number of quaternary nitrogens is 1. The molecule has 0 aliphatic carbocycles. The molecule has 6 nitrogen and oxygen atoms in total. The summed E-state index contributed by atoms with van der Waals surface area (Å²) in [6, 6.07) is 0. The van der Waals surface area contributed by atoms with Crippen LogP contribution < -0.4 is 5.32 Å². The third kappa shape index (κ3) is 10.2. The van der Waals surface area contributed by atoms with Crippen LogP contribution in [0.4, 0.5) is 0 Å². The summed E-state index contributed by atoms with van der Waals surface area (Å²) in [6.07, 6.45) is 0.318. The molecule has 0 saturated carbocycles. The Morgan fingerprint density at radius 3 is 2.12 bits per heavy atom. The Morgan fingerprint density at radius 2 is 1.76 bits per heavy atom. The summed E-state index contributed by atoms with van der Waals surface area (Å²) in [5.41, 5.74) is -0.963. The van der Waals surface area contributed by atoms with Gasteiger partial charge in [-0.1, -0.05) is 0 Å². The molecule has 0 fully saturated rings. The van der Waals surface area contributed by atoms with Gasteiger partial charge < -0.3 is 9.80 Å². The highest BCUT2D eigenvalue weighted by atomic mass is 32.2. The molecular formula is C10H23N2O4S+. The molecule has 0 bridgehead atoms. The van der Waals surface area contributed by atoms with Gasteiger partial charge in [-0.05, 0) is 13.8 Å². The molecule has 17 heavy (non-hydrogen) atoms. The monoisotopic (exact) mass is 267 g/mol. The van der Waals surface area contributed by atoms with Crippen molar-refractivity contribution in [2.24, 2.45) is 0 Å². The SMILES string of the molecule is CC(C)(CS(=O)(=O)O)NC(=O)CC[N+](C)(C)C. The Morgan fingerprint density at radius 1 is 1.29 bits per heavy atom. The number of nitrogens with zero attached hydrogens (tertiary/aromatic N) is 1. The van der Waals surface area contributed by atoms with Crippen LogP contribution in [0.25, 0.3) is 0 Å². The number of carbonyl (C=O) groups excluding carboxylic acids is 1. The summed E-state index contributed by atoms with van der Waals surface area (Å²) >= 11 is 0. The van der Waals surface area contributed by atoms with Crippen molar-refractivity contribution in [1.82, 2.24) is 5.32 Å². The van der Waals surface area contributed by atoms with E-state index in [1.165, 1.54) is 0 Å². The molecule has 102 valence electrons. The molecule has 0 aromatic heterocycles. The fourth-order valence-corrected chi connectivity index (χ4v) is 2.35. The van der Waals surface area contributed by atoms with Gasteiger partial charge in [0.25, 0.3) is 10.1 Å². The Hall–Kier alpha value is -0.660. The molecule has 0 heterocycles. The molecule has 0 saturated heterocycles. The lowest BCUT2D eigenvalue weighted by Gasteiger charge is -2.27. The number of hydrogen-bond donors (Lipinski definition) is 2. The maximum atomic E-state index is 11.6. The molecule has 0 aromatic carbocycles. The number of nitrogens with one attached hydrogen (secondary N) is 1. The second kappa shape index (κ2) is 5.32. The average Bonchev–Trinajstić information content (AvgIpc) is 1.93. The lowest BCUT2D eigenvalue weighted by atomic mass is 10.1. The molecule has 0 spiro atoms. The van der Waals surface area contributed by atoms with Crippen molar-refractivity contribution >= 4 is 16.0 Å². The van der Waals surface area contributed by atoms with Crippen molar-refractivity contribution in [2.45, 2.75) is 25.8 Å². The van der Waals surface area contributed by atoms with E-state index in [0.717, 1.165) is 0 Å². The number of amides is 1. The van der Waals surface area contributed by atoms with Crippen LogP contribution in [-0.2, 0) is 14.9 Å². The van der Waals surface area contributed by atoms with Crippen molar-refractivity contribution in [1.29, 1.82) is 0 Å². The predicted molar refractivity (Wildman–Crippen MR) is 66.2 cm³/mol. The quantitative estimate of drug-likeness (QED) is 0.518. The third-order valence-electron chi connectivity index (χ3n) is 2.03. The van der Waals surface area contributed by atoms with E-state index in [4.69, 9.17) is 4.55 Å². The molecule has 0 aliphatic rings. The van der Waals surface area contributed by atoms with Gasteiger partial charge in [0.05, 0.1) is 45.4 Å². The minimum atomic E-state index is -4.09. The van der Waals surface area contributed by atoms with Crippen LogP contribution >= 0.6 is 0 Å². The molecule has 0 radical (unpaired) electrons. The van der Waals surface area contributed by atoms with E-state index in [1.807, 2.05) is 21.1 Å². The van der Waals surface area contributed by atoms with E-state index in [-0.39, 0.29) is 5.91 Å². The number of hydrogen-bond acceptors (Lipinski definition) is 3. The van der Waals surface area contributed by atoms with Crippen molar-refractivity contribution in [3.8, 4) is 0 Å². The third-order valence-corrected chi connectivity index (χ3v) is 3.12. The normalized spacial score (nSPS) is 13.5. The molecule has 2 N–H and O–H groups in total. The van der Waals surface area contributed by atoms with Crippen molar-refractivity contribution < 1.29 is 22.2 Å². The molecular weight excluding hydrogens is 244 g/mol. The van der Waals surface area contributed by atoms with Crippen molar-refractivity contribution in [3.05, 3.63) is 0 Å². The Bertz CT molecular complexity index is 368. The molecule has 1 amide bonds. The summed E-state index contributed by atoms with van der Waals surface area (Å²) < 4.78 is 30.9. The van der Waals surface area contributed by atoms with Crippen molar-refractivity contribution in [2.75, 3.05) is 33.4 Å².